The second kappa shape index (κ2) is 5.04. The third-order valence-corrected chi connectivity index (χ3v) is 2.62. The summed E-state index contributed by atoms with van der Waals surface area (Å²) in [5.41, 5.74) is 0.589. The van der Waals surface area contributed by atoms with Crippen LogP contribution in [0, 0.1) is 11.3 Å². The zero-order chi connectivity index (χ0) is 12.2. The van der Waals surface area contributed by atoms with Crippen molar-refractivity contribution in [2.45, 2.75) is 26.6 Å². The lowest BCUT2D eigenvalue weighted by molar-refractivity contribution is 0.327. The molecule has 1 rings (SSSR count). The van der Waals surface area contributed by atoms with Crippen LogP contribution in [0.25, 0.3) is 0 Å². The highest BCUT2D eigenvalue weighted by molar-refractivity contribution is 6.70. The number of rotatable bonds is 4. The number of nitrogens with zero attached hydrogens (tertiary/aromatic N) is 1. The van der Waals surface area contributed by atoms with Crippen LogP contribution in [-0.2, 0) is 0 Å². The fourth-order valence-corrected chi connectivity index (χ4v) is 2.09. The fourth-order valence-electron chi connectivity index (χ4n) is 1.26. The van der Waals surface area contributed by atoms with Crippen molar-refractivity contribution in [3.05, 3.63) is 23.8 Å². The zero-order valence-corrected chi connectivity index (χ0v) is 11.2. The quantitative estimate of drug-likeness (QED) is 0.753. The van der Waals surface area contributed by atoms with E-state index in [1.807, 2.05) is 13.0 Å². The van der Waals surface area contributed by atoms with E-state index in [0.717, 1.165) is 5.75 Å². The molecule has 0 amide bonds. The molecular formula is C12H17NO2Si. The second-order valence-corrected chi connectivity index (χ2v) is 8.85. The third-order valence-electron chi connectivity index (χ3n) is 1.79. The Morgan fingerprint density at radius 1 is 1.25 bits per heavy atom. The first kappa shape index (κ1) is 12.6. The Balaban J connectivity index is 3.04. The molecule has 0 fully saturated rings. The number of hydrogen-bond acceptors (Lipinski definition) is 3. The number of nitriles is 1. The summed E-state index contributed by atoms with van der Waals surface area (Å²) in [6, 6.07) is 7.37. The minimum atomic E-state index is -1.65. The molecule has 0 bridgehead atoms. The van der Waals surface area contributed by atoms with E-state index < -0.39 is 8.32 Å². The maximum absolute atomic E-state index is 8.82. The summed E-state index contributed by atoms with van der Waals surface area (Å²) in [6.45, 7) is 8.82. The lowest BCUT2D eigenvalue weighted by Crippen LogP contribution is -2.29. The van der Waals surface area contributed by atoms with Crippen LogP contribution < -0.4 is 9.16 Å². The van der Waals surface area contributed by atoms with Gasteiger partial charge in [-0.2, -0.15) is 5.26 Å². The summed E-state index contributed by atoms with van der Waals surface area (Å²) < 4.78 is 11.4. The van der Waals surface area contributed by atoms with Crippen LogP contribution in [0.4, 0.5) is 0 Å². The van der Waals surface area contributed by atoms with Crippen LogP contribution >= 0.6 is 0 Å². The van der Waals surface area contributed by atoms with Gasteiger partial charge in [-0.15, -0.1) is 0 Å². The molecule has 16 heavy (non-hydrogen) atoms. The van der Waals surface area contributed by atoms with Gasteiger partial charge in [0, 0.05) is 6.07 Å². The highest BCUT2D eigenvalue weighted by atomic mass is 28.4. The van der Waals surface area contributed by atoms with E-state index in [4.69, 9.17) is 14.4 Å². The molecule has 0 radical (unpaired) electrons. The van der Waals surface area contributed by atoms with Crippen LogP contribution in [-0.4, -0.2) is 14.9 Å². The van der Waals surface area contributed by atoms with Gasteiger partial charge in [-0.25, -0.2) is 0 Å². The first-order valence-electron chi connectivity index (χ1n) is 5.32. The van der Waals surface area contributed by atoms with Gasteiger partial charge in [0.25, 0.3) is 0 Å². The molecule has 0 saturated heterocycles. The minimum absolute atomic E-state index is 0.566. The molecule has 0 spiro atoms. The van der Waals surface area contributed by atoms with E-state index in [2.05, 4.69) is 25.7 Å². The maximum atomic E-state index is 8.82. The molecule has 0 aliphatic heterocycles. The molecule has 1 aromatic rings. The Bertz CT molecular complexity index is 404. The van der Waals surface area contributed by atoms with Crippen molar-refractivity contribution in [1.29, 1.82) is 5.26 Å². The second-order valence-electron chi connectivity index (χ2n) is 4.42. The Labute approximate surface area is 97.7 Å². The van der Waals surface area contributed by atoms with Crippen molar-refractivity contribution in [3.63, 3.8) is 0 Å². The topological polar surface area (TPSA) is 42.2 Å². The lowest BCUT2D eigenvalue weighted by Gasteiger charge is -2.21. The molecule has 0 aliphatic rings. The lowest BCUT2D eigenvalue weighted by atomic mass is 10.2. The Morgan fingerprint density at radius 2 is 1.94 bits per heavy atom. The van der Waals surface area contributed by atoms with Crippen LogP contribution in [0.3, 0.4) is 0 Å². The van der Waals surface area contributed by atoms with Gasteiger partial charge in [-0.05, 0) is 38.7 Å². The van der Waals surface area contributed by atoms with Gasteiger partial charge in [0.1, 0.15) is 5.75 Å². The molecule has 3 nitrogen and oxygen atoms in total. The SMILES string of the molecule is CCOc1cc(C#N)ccc1O[Si](C)(C)C. The minimum Gasteiger partial charge on any atom is -0.542 e. The summed E-state index contributed by atoms with van der Waals surface area (Å²) in [7, 11) is -1.65. The average molecular weight is 235 g/mol. The fraction of sp³-hybridized carbons (Fsp3) is 0.417. The summed E-state index contributed by atoms with van der Waals surface area (Å²) >= 11 is 0. The van der Waals surface area contributed by atoms with Crippen molar-refractivity contribution >= 4 is 8.32 Å². The molecule has 0 heterocycles. The van der Waals surface area contributed by atoms with Crippen molar-refractivity contribution in [1.82, 2.24) is 0 Å². The number of ether oxygens (including phenoxy) is 1. The average Bonchev–Trinajstić information content (AvgIpc) is 2.19. The largest absolute Gasteiger partial charge is 0.542 e. The molecular weight excluding hydrogens is 218 g/mol. The van der Waals surface area contributed by atoms with E-state index in [0.29, 0.717) is 17.9 Å². The van der Waals surface area contributed by atoms with Gasteiger partial charge in [0.05, 0.1) is 18.2 Å². The van der Waals surface area contributed by atoms with E-state index in [-0.39, 0.29) is 0 Å². The van der Waals surface area contributed by atoms with Gasteiger partial charge < -0.3 is 9.16 Å². The molecule has 4 heteroatoms. The summed E-state index contributed by atoms with van der Waals surface area (Å²) in [6.07, 6.45) is 0. The van der Waals surface area contributed by atoms with E-state index >= 15 is 0 Å². The molecule has 86 valence electrons. The summed E-state index contributed by atoms with van der Waals surface area (Å²) in [5, 5.41) is 8.82. The molecule has 0 aromatic heterocycles. The predicted molar refractivity (Wildman–Crippen MR) is 66.3 cm³/mol. The Morgan fingerprint density at radius 3 is 2.44 bits per heavy atom. The summed E-state index contributed by atoms with van der Waals surface area (Å²) in [5.74, 6) is 1.39. The van der Waals surface area contributed by atoms with Crippen molar-refractivity contribution < 1.29 is 9.16 Å². The van der Waals surface area contributed by atoms with E-state index in [9.17, 15) is 0 Å². The highest BCUT2D eigenvalue weighted by Crippen LogP contribution is 2.30. The smallest absolute Gasteiger partial charge is 0.242 e. The Kier molecular flexibility index (Phi) is 3.97. The zero-order valence-electron chi connectivity index (χ0n) is 10.2. The number of benzene rings is 1. The molecule has 1 aromatic carbocycles. The van der Waals surface area contributed by atoms with Crippen LogP contribution in [0.2, 0.25) is 19.6 Å². The molecule has 0 N–H and O–H groups in total. The third kappa shape index (κ3) is 3.59. The van der Waals surface area contributed by atoms with E-state index in [1.165, 1.54) is 0 Å². The highest BCUT2D eigenvalue weighted by Gasteiger charge is 2.18. The standard InChI is InChI=1S/C12H17NO2Si/c1-5-14-12-8-10(9-13)6-7-11(12)15-16(2,3)4/h6-8H,5H2,1-4H3. The maximum Gasteiger partial charge on any atom is 0.242 e. The number of hydrogen-bond donors (Lipinski definition) is 0. The van der Waals surface area contributed by atoms with Crippen LogP contribution in [0.1, 0.15) is 12.5 Å². The summed E-state index contributed by atoms with van der Waals surface area (Å²) in [4.78, 5) is 0. The van der Waals surface area contributed by atoms with Gasteiger partial charge in [-0.1, -0.05) is 0 Å². The molecule has 0 saturated carbocycles. The van der Waals surface area contributed by atoms with Crippen molar-refractivity contribution in [2.24, 2.45) is 0 Å². The van der Waals surface area contributed by atoms with Gasteiger partial charge in [0.15, 0.2) is 5.75 Å². The first-order valence-corrected chi connectivity index (χ1v) is 8.73. The Hall–Kier alpha value is -1.47. The van der Waals surface area contributed by atoms with Crippen LogP contribution in [0.5, 0.6) is 11.5 Å². The van der Waals surface area contributed by atoms with Crippen molar-refractivity contribution in [2.75, 3.05) is 6.61 Å². The normalized spacial score (nSPS) is 10.7. The van der Waals surface area contributed by atoms with Gasteiger partial charge in [-0.3, -0.25) is 0 Å². The predicted octanol–water partition coefficient (Wildman–Crippen LogP) is 3.17. The van der Waals surface area contributed by atoms with Crippen molar-refractivity contribution in [3.8, 4) is 17.6 Å². The monoisotopic (exact) mass is 235 g/mol. The molecule has 0 atom stereocenters. The van der Waals surface area contributed by atoms with Gasteiger partial charge >= 0.3 is 0 Å². The van der Waals surface area contributed by atoms with E-state index in [1.54, 1.807) is 12.1 Å². The van der Waals surface area contributed by atoms with Gasteiger partial charge in [0.2, 0.25) is 8.32 Å². The molecule has 0 aliphatic carbocycles. The first-order chi connectivity index (χ1) is 7.46. The van der Waals surface area contributed by atoms with Crippen LogP contribution in [0.15, 0.2) is 18.2 Å². The molecule has 0 unspecified atom stereocenters.